The number of fused-ring (bicyclic) bond motifs is 2. The molecule has 0 spiro atoms. The molecule has 0 saturated carbocycles. The Balaban J connectivity index is 2.24. The van der Waals surface area contributed by atoms with Gasteiger partial charge >= 0.3 is 0 Å². The van der Waals surface area contributed by atoms with Gasteiger partial charge in [0.15, 0.2) is 0 Å². The quantitative estimate of drug-likeness (QED) is 0.761. The molecule has 94 valence electrons. The third kappa shape index (κ3) is 1.64. The lowest BCUT2D eigenvalue weighted by molar-refractivity contribution is 0.268. The van der Waals surface area contributed by atoms with Crippen LogP contribution in [0.3, 0.4) is 0 Å². The van der Waals surface area contributed by atoms with Gasteiger partial charge in [-0.3, -0.25) is 0 Å². The summed E-state index contributed by atoms with van der Waals surface area (Å²) in [5, 5.41) is 9.05. The van der Waals surface area contributed by atoms with Crippen LogP contribution in [0.1, 0.15) is 35.1 Å². The molecule has 0 atom stereocenters. The summed E-state index contributed by atoms with van der Waals surface area (Å²) in [6.45, 7) is 3.68. The second kappa shape index (κ2) is 4.53. The largest absolute Gasteiger partial charge is 0.493 e. The number of hydrogen-bond acceptors (Lipinski definition) is 3. The Morgan fingerprint density at radius 2 is 1.72 bits per heavy atom. The Hall–Kier alpha value is -1.69. The molecule has 18 heavy (non-hydrogen) atoms. The first-order valence-corrected chi connectivity index (χ1v) is 6.62. The molecule has 3 rings (SSSR count). The van der Waals surface area contributed by atoms with Gasteiger partial charge in [0.1, 0.15) is 11.5 Å². The van der Waals surface area contributed by atoms with Crippen LogP contribution < -0.4 is 9.47 Å². The van der Waals surface area contributed by atoms with Crippen molar-refractivity contribution in [2.24, 2.45) is 0 Å². The molecule has 0 amide bonds. The Bertz CT molecular complexity index is 491. The minimum atomic E-state index is 0.425. The van der Waals surface area contributed by atoms with Gasteiger partial charge in [-0.05, 0) is 38.2 Å². The van der Waals surface area contributed by atoms with E-state index in [2.05, 4.69) is 13.0 Å². The zero-order chi connectivity index (χ0) is 12.5. The summed E-state index contributed by atoms with van der Waals surface area (Å²) >= 11 is 0. The molecule has 0 aromatic heterocycles. The van der Waals surface area contributed by atoms with Crippen molar-refractivity contribution in [1.82, 2.24) is 0 Å². The van der Waals surface area contributed by atoms with Crippen molar-refractivity contribution < 1.29 is 9.47 Å². The molecule has 1 aromatic carbocycles. The number of benzene rings is 1. The molecule has 0 fully saturated rings. The van der Waals surface area contributed by atoms with Gasteiger partial charge in [-0.1, -0.05) is 0 Å². The molecule has 0 aliphatic carbocycles. The molecule has 0 bridgehead atoms. The van der Waals surface area contributed by atoms with Gasteiger partial charge in [0.2, 0.25) is 0 Å². The average Bonchev–Trinajstić information content (AvgIpc) is 2.43. The molecule has 2 aliphatic rings. The first-order valence-electron chi connectivity index (χ1n) is 6.62. The van der Waals surface area contributed by atoms with Crippen molar-refractivity contribution in [3.63, 3.8) is 0 Å². The summed E-state index contributed by atoms with van der Waals surface area (Å²) in [7, 11) is 0. The highest BCUT2D eigenvalue weighted by molar-refractivity contribution is 5.60. The summed E-state index contributed by atoms with van der Waals surface area (Å²) in [6.07, 6.45) is 4.55. The van der Waals surface area contributed by atoms with E-state index in [4.69, 9.17) is 14.7 Å². The van der Waals surface area contributed by atoms with Crippen LogP contribution in [0.4, 0.5) is 0 Å². The van der Waals surface area contributed by atoms with Crippen molar-refractivity contribution in [3.05, 3.63) is 22.3 Å². The molecule has 1 aromatic rings. The van der Waals surface area contributed by atoms with Gasteiger partial charge in [0, 0.05) is 16.7 Å². The third-order valence-electron chi connectivity index (χ3n) is 3.87. The lowest BCUT2D eigenvalue weighted by Gasteiger charge is -2.29. The SMILES string of the molecule is Cc1c2c(c(CC#N)c3c1OCCC3)OCCC2. The lowest BCUT2D eigenvalue weighted by atomic mass is 9.88. The maximum Gasteiger partial charge on any atom is 0.127 e. The maximum atomic E-state index is 9.05. The fourth-order valence-electron chi connectivity index (χ4n) is 3.04. The minimum Gasteiger partial charge on any atom is -0.493 e. The van der Waals surface area contributed by atoms with Crippen LogP contribution in [0.25, 0.3) is 0 Å². The topological polar surface area (TPSA) is 42.2 Å². The lowest BCUT2D eigenvalue weighted by Crippen LogP contribution is -2.18. The monoisotopic (exact) mass is 243 g/mol. The van der Waals surface area contributed by atoms with E-state index in [1.807, 2.05) is 0 Å². The van der Waals surface area contributed by atoms with Crippen molar-refractivity contribution in [2.75, 3.05) is 13.2 Å². The molecule has 0 unspecified atom stereocenters. The fourth-order valence-corrected chi connectivity index (χ4v) is 3.04. The summed E-state index contributed by atoms with van der Waals surface area (Å²) in [5.74, 6) is 2.00. The fraction of sp³-hybridized carbons (Fsp3) is 0.533. The highest BCUT2D eigenvalue weighted by atomic mass is 16.5. The third-order valence-corrected chi connectivity index (χ3v) is 3.87. The van der Waals surface area contributed by atoms with Crippen LogP contribution in [0.2, 0.25) is 0 Å². The van der Waals surface area contributed by atoms with E-state index < -0.39 is 0 Å². The van der Waals surface area contributed by atoms with Crippen LogP contribution in [-0.2, 0) is 19.3 Å². The number of nitriles is 1. The first-order chi connectivity index (χ1) is 8.83. The van der Waals surface area contributed by atoms with Crippen LogP contribution >= 0.6 is 0 Å². The van der Waals surface area contributed by atoms with Crippen molar-refractivity contribution in [1.29, 1.82) is 5.26 Å². The Morgan fingerprint density at radius 3 is 2.44 bits per heavy atom. The summed E-state index contributed by atoms with van der Waals surface area (Å²) in [4.78, 5) is 0. The van der Waals surface area contributed by atoms with E-state index in [1.54, 1.807) is 0 Å². The van der Waals surface area contributed by atoms with E-state index in [0.29, 0.717) is 6.42 Å². The molecule has 0 N–H and O–H groups in total. The van der Waals surface area contributed by atoms with Crippen molar-refractivity contribution in [2.45, 2.75) is 39.0 Å². The van der Waals surface area contributed by atoms with Gasteiger partial charge in [-0.15, -0.1) is 0 Å². The number of rotatable bonds is 1. The van der Waals surface area contributed by atoms with E-state index in [1.165, 1.54) is 16.7 Å². The van der Waals surface area contributed by atoms with Gasteiger partial charge in [-0.2, -0.15) is 5.26 Å². The van der Waals surface area contributed by atoms with E-state index in [9.17, 15) is 0 Å². The van der Waals surface area contributed by atoms with Crippen LogP contribution in [0.15, 0.2) is 0 Å². The summed E-state index contributed by atoms with van der Waals surface area (Å²) in [6, 6.07) is 2.27. The zero-order valence-corrected chi connectivity index (χ0v) is 10.7. The Labute approximate surface area is 107 Å². The summed E-state index contributed by atoms with van der Waals surface area (Å²) in [5.41, 5.74) is 4.77. The predicted molar refractivity (Wildman–Crippen MR) is 68.1 cm³/mol. The highest BCUT2D eigenvalue weighted by Crippen LogP contribution is 2.43. The Kier molecular flexibility index (Phi) is 2.87. The molecule has 3 nitrogen and oxygen atoms in total. The molecule has 0 radical (unpaired) electrons. The van der Waals surface area contributed by atoms with Crippen molar-refractivity contribution >= 4 is 0 Å². The number of hydrogen-bond donors (Lipinski definition) is 0. The molecule has 2 heterocycles. The zero-order valence-electron chi connectivity index (χ0n) is 10.7. The first kappa shape index (κ1) is 11.4. The highest BCUT2D eigenvalue weighted by Gasteiger charge is 2.26. The van der Waals surface area contributed by atoms with E-state index >= 15 is 0 Å². The van der Waals surface area contributed by atoms with Gasteiger partial charge in [0.25, 0.3) is 0 Å². The second-order valence-corrected chi connectivity index (χ2v) is 4.96. The standard InChI is InChI=1S/C15H17NO2/c1-10-11-4-2-9-18-15(11)13(6-7-16)12-5-3-8-17-14(10)12/h2-6,8-9H2,1H3. The second-order valence-electron chi connectivity index (χ2n) is 4.96. The van der Waals surface area contributed by atoms with Crippen LogP contribution in [0, 0.1) is 18.3 Å². The Morgan fingerprint density at radius 1 is 1.06 bits per heavy atom. The molecule has 0 saturated heterocycles. The van der Waals surface area contributed by atoms with E-state index in [0.717, 1.165) is 56.0 Å². The molecule has 2 aliphatic heterocycles. The van der Waals surface area contributed by atoms with Crippen LogP contribution in [0.5, 0.6) is 11.5 Å². The van der Waals surface area contributed by atoms with Crippen molar-refractivity contribution in [3.8, 4) is 17.6 Å². The molecule has 3 heteroatoms. The predicted octanol–water partition coefficient (Wildman–Crippen LogP) is 2.71. The minimum absolute atomic E-state index is 0.425. The normalized spacial score (nSPS) is 16.9. The number of ether oxygens (including phenoxy) is 2. The molecular formula is C15H17NO2. The van der Waals surface area contributed by atoms with Gasteiger partial charge in [-0.25, -0.2) is 0 Å². The van der Waals surface area contributed by atoms with E-state index in [-0.39, 0.29) is 0 Å². The van der Waals surface area contributed by atoms with Gasteiger partial charge in [0.05, 0.1) is 25.7 Å². The summed E-state index contributed by atoms with van der Waals surface area (Å²) < 4.78 is 11.7. The smallest absolute Gasteiger partial charge is 0.127 e. The maximum absolute atomic E-state index is 9.05. The van der Waals surface area contributed by atoms with Crippen LogP contribution in [-0.4, -0.2) is 13.2 Å². The average molecular weight is 243 g/mol. The molecular weight excluding hydrogens is 226 g/mol. The van der Waals surface area contributed by atoms with Gasteiger partial charge < -0.3 is 9.47 Å². The number of nitrogens with zero attached hydrogens (tertiary/aromatic N) is 1.